The molecule has 2 rings (SSSR count). The molecule has 1 heterocycles. The number of aromatic amines is 1. The highest BCUT2D eigenvalue weighted by Gasteiger charge is 2.06. The van der Waals surface area contributed by atoms with E-state index in [1.807, 2.05) is 25.1 Å². The van der Waals surface area contributed by atoms with E-state index < -0.39 is 0 Å². The number of nitrogens with zero attached hydrogens (tertiary/aromatic N) is 1. The fraction of sp³-hybridized carbons (Fsp3) is 0.0909. The van der Waals surface area contributed by atoms with E-state index in [2.05, 4.69) is 15.3 Å². The van der Waals surface area contributed by atoms with E-state index in [0.717, 1.165) is 5.56 Å². The molecule has 0 aliphatic heterocycles. The second-order valence-electron chi connectivity index (χ2n) is 3.26. The Morgan fingerprint density at radius 3 is 3.00 bits per heavy atom. The summed E-state index contributed by atoms with van der Waals surface area (Å²) >= 11 is 0. The minimum atomic E-state index is -0.159. The van der Waals surface area contributed by atoms with E-state index in [-0.39, 0.29) is 5.91 Å². The monoisotopic (exact) mass is 201 g/mol. The molecule has 2 aromatic rings. The van der Waals surface area contributed by atoms with Crippen molar-refractivity contribution in [1.82, 2.24) is 9.97 Å². The van der Waals surface area contributed by atoms with E-state index in [4.69, 9.17) is 0 Å². The normalized spacial score (nSPS) is 9.93. The second kappa shape index (κ2) is 3.96. The Morgan fingerprint density at radius 1 is 1.47 bits per heavy atom. The van der Waals surface area contributed by atoms with Crippen molar-refractivity contribution in [3.63, 3.8) is 0 Å². The van der Waals surface area contributed by atoms with Gasteiger partial charge in [0.25, 0.3) is 5.91 Å². The first kappa shape index (κ1) is 9.45. The van der Waals surface area contributed by atoms with E-state index in [1.54, 1.807) is 18.5 Å². The highest BCUT2D eigenvalue weighted by Crippen LogP contribution is 2.06. The minimum Gasteiger partial charge on any atom is -0.331 e. The van der Waals surface area contributed by atoms with Gasteiger partial charge in [-0.3, -0.25) is 10.1 Å². The largest absolute Gasteiger partial charge is 0.331 e. The fourth-order valence-electron chi connectivity index (χ4n) is 1.30. The molecule has 0 radical (unpaired) electrons. The Hall–Kier alpha value is -2.10. The second-order valence-corrected chi connectivity index (χ2v) is 3.26. The Labute approximate surface area is 87.4 Å². The van der Waals surface area contributed by atoms with Crippen LogP contribution in [-0.2, 0) is 0 Å². The zero-order chi connectivity index (χ0) is 10.7. The number of rotatable bonds is 2. The van der Waals surface area contributed by atoms with Crippen molar-refractivity contribution in [1.29, 1.82) is 0 Å². The van der Waals surface area contributed by atoms with Crippen LogP contribution in [0.2, 0.25) is 0 Å². The standard InChI is InChI=1S/C11H11N3O/c1-8-3-2-4-9(7-8)10(15)14-11-12-5-6-13-11/h2-7H,1H3,(H2,12,13,14,15). The molecule has 1 aromatic carbocycles. The van der Waals surface area contributed by atoms with Crippen LogP contribution in [0.5, 0.6) is 0 Å². The Balaban J connectivity index is 2.15. The van der Waals surface area contributed by atoms with E-state index >= 15 is 0 Å². The van der Waals surface area contributed by atoms with Crippen LogP contribution < -0.4 is 5.32 Å². The van der Waals surface area contributed by atoms with Gasteiger partial charge in [-0.1, -0.05) is 17.7 Å². The first-order valence-corrected chi connectivity index (χ1v) is 4.63. The van der Waals surface area contributed by atoms with Gasteiger partial charge >= 0.3 is 0 Å². The molecular weight excluding hydrogens is 190 g/mol. The van der Waals surface area contributed by atoms with Gasteiger partial charge in [-0.15, -0.1) is 0 Å². The molecule has 2 N–H and O–H groups in total. The van der Waals surface area contributed by atoms with Crippen molar-refractivity contribution in [3.8, 4) is 0 Å². The van der Waals surface area contributed by atoms with Crippen molar-refractivity contribution in [3.05, 3.63) is 47.8 Å². The molecule has 0 aliphatic carbocycles. The molecule has 4 heteroatoms. The van der Waals surface area contributed by atoms with Crippen LogP contribution in [0.4, 0.5) is 5.95 Å². The van der Waals surface area contributed by atoms with Crippen LogP contribution in [0.3, 0.4) is 0 Å². The van der Waals surface area contributed by atoms with E-state index in [0.29, 0.717) is 11.5 Å². The summed E-state index contributed by atoms with van der Waals surface area (Å²) in [5.41, 5.74) is 1.69. The van der Waals surface area contributed by atoms with Gasteiger partial charge in [0.1, 0.15) is 0 Å². The molecule has 4 nitrogen and oxygen atoms in total. The molecule has 0 atom stereocenters. The van der Waals surface area contributed by atoms with Gasteiger partial charge in [0.05, 0.1) is 0 Å². The van der Waals surface area contributed by atoms with Gasteiger partial charge in [0.15, 0.2) is 0 Å². The molecular formula is C11H11N3O. The van der Waals surface area contributed by atoms with Gasteiger partial charge in [0.2, 0.25) is 5.95 Å². The van der Waals surface area contributed by atoms with Crippen molar-refractivity contribution in [2.75, 3.05) is 5.32 Å². The zero-order valence-corrected chi connectivity index (χ0v) is 8.32. The Kier molecular flexibility index (Phi) is 2.49. The lowest BCUT2D eigenvalue weighted by Gasteiger charge is -2.02. The van der Waals surface area contributed by atoms with Crippen LogP contribution >= 0.6 is 0 Å². The first-order valence-electron chi connectivity index (χ1n) is 4.63. The number of hydrogen-bond acceptors (Lipinski definition) is 2. The third-order valence-electron chi connectivity index (χ3n) is 2.01. The molecule has 0 spiro atoms. The van der Waals surface area contributed by atoms with Crippen LogP contribution in [0, 0.1) is 6.92 Å². The van der Waals surface area contributed by atoms with Crippen LogP contribution in [0.25, 0.3) is 0 Å². The number of imidazole rings is 1. The topological polar surface area (TPSA) is 57.8 Å². The van der Waals surface area contributed by atoms with Crippen molar-refractivity contribution in [2.24, 2.45) is 0 Å². The predicted octanol–water partition coefficient (Wildman–Crippen LogP) is 1.97. The summed E-state index contributed by atoms with van der Waals surface area (Å²) in [5, 5.41) is 2.66. The summed E-state index contributed by atoms with van der Waals surface area (Å²) < 4.78 is 0. The number of carbonyl (C=O) groups is 1. The maximum Gasteiger partial charge on any atom is 0.257 e. The van der Waals surface area contributed by atoms with Crippen LogP contribution in [-0.4, -0.2) is 15.9 Å². The minimum absolute atomic E-state index is 0.159. The zero-order valence-electron chi connectivity index (χ0n) is 8.32. The smallest absolute Gasteiger partial charge is 0.257 e. The number of benzene rings is 1. The average molecular weight is 201 g/mol. The summed E-state index contributed by atoms with van der Waals surface area (Å²) in [6, 6.07) is 7.40. The fourth-order valence-corrected chi connectivity index (χ4v) is 1.30. The molecule has 0 saturated carbocycles. The molecule has 1 aromatic heterocycles. The lowest BCUT2D eigenvalue weighted by Crippen LogP contribution is -2.12. The molecule has 0 aliphatic rings. The van der Waals surface area contributed by atoms with Crippen molar-refractivity contribution in [2.45, 2.75) is 6.92 Å². The number of hydrogen-bond donors (Lipinski definition) is 2. The number of nitrogens with one attached hydrogen (secondary N) is 2. The average Bonchev–Trinajstić information content (AvgIpc) is 2.70. The molecule has 0 bridgehead atoms. The van der Waals surface area contributed by atoms with Gasteiger partial charge < -0.3 is 4.98 Å². The number of carbonyl (C=O) groups excluding carboxylic acids is 1. The highest BCUT2D eigenvalue weighted by molar-refractivity contribution is 6.03. The van der Waals surface area contributed by atoms with Gasteiger partial charge in [-0.05, 0) is 19.1 Å². The number of aromatic nitrogens is 2. The number of amides is 1. The first-order chi connectivity index (χ1) is 7.25. The van der Waals surface area contributed by atoms with Gasteiger partial charge in [-0.2, -0.15) is 0 Å². The van der Waals surface area contributed by atoms with Crippen LogP contribution in [0.1, 0.15) is 15.9 Å². The van der Waals surface area contributed by atoms with Crippen LogP contribution in [0.15, 0.2) is 36.7 Å². The SMILES string of the molecule is Cc1cccc(C(=O)Nc2ncc[nH]2)c1. The number of aryl methyl sites for hydroxylation is 1. The van der Waals surface area contributed by atoms with Crippen molar-refractivity contribution >= 4 is 11.9 Å². The third kappa shape index (κ3) is 2.22. The quantitative estimate of drug-likeness (QED) is 0.780. The highest BCUT2D eigenvalue weighted by atomic mass is 16.1. The summed E-state index contributed by atoms with van der Waals surface area (Å²) in [4.78, 5) is 18.4. The Morgan fingerprint density at radius 2 is 2.33 bits per heavy atom. The molecule has 0 saturated heterocycles. The van der Waals surface area contributed by atoms with Gasteiger partial charge in [-0.25, -0.2) is 4.98 Å². The predicted molar refractivity (Wildman–Crippen MR) is 57.7 cm³/mol. The Bertz CT molecular complexity index is 462. The van der Waals surface area contributed by atoms with E-state index in [9.17, 15) is 4.79 Å². The molecule has 0 fully saturated rings. The molecule has 76 valence electrons. The molecule has 0 unspecified atom stereocenters. The summed E-state index contributed by atoms with van der Waals surface area (Å²) in [7, 11) is 0. The summed E-state index contributed by atoms with van der Waals surface area (Å²) in [6.07, 6.45) is 3.25. The van der Waals surface area contributed by atoms with E-state index in [1.165, 1.54) is 0 Å². The molecule has 15 heavy (non-hydrogen) atoms. The van der Waals surface area contributed by atoms with Crippen molar-refractivity contribution < 1.29 is 4.79 Å². The number of anilines is 1. The number of H-pyrrole nitrogens is 1. The molecule has 1 amide bonds. The van der Waals surface area contributed by atoms with Gasteiger partial charge in [0, 0.05) is 18.0 Å². The summed E-state index contributed by atoms with van der Waals surface area (Å²) in [5.74, 6) is 0.301. The summed E-state index contributed by atoms with van der Waals surface area (Å²) in [6.45, 7) is 1.95. The lowest BCUT2D eigenvalue weighted by atomic mass is 10.1. The maximum absolute atomic E-state index is 11.7. The maximum atomic E-state index is 11.7. The third-order valence-corrected chi connectivity index (χ3v) is 2.01. The lowest BCUT2D eigenvalue weighted by molar-refractivity contribution is 0.102.